The Balaban J connectivity index is 2.14. The van der Waals surface area contributed by atoms with Gasteiger partial charge in [-0.05, 0) is 50.9 Å². The van der Waals surface area contributed by atoms with Crippen molar-refractivity contribution < 1.29 is 4.39 Å². The van der Waals surface area contributed by atoms with E-state index in [0.29, 0.717) is 5.56 Å². The van der Waals surface area contributed by atoms with E-state index in [2.05, 4.69) is 10.9 Å². The number of hydrogen-bond donors (Lipinski definition) is 0. The number of benzene rings is 4. The van der Waals surface area contributed by atoms with Crippen molar-refractivity contribution in [2.45, 2.75) is 0 Å². The van der Waals surface area contributed by atoms with Gasteiger partial charge in [0.2, 0.25) is 5.69 Å². The molecule has 0 N–H and O–H groups in total. The smallest absolute Gasteiger partial charge is 0.224 e. The molecule has 25 heavy (non-hydrogen) atoms. The summed E-state index contributed by atoms with van der Waals surface area (Å²) in [6.45, 7) is 7.19. The normalized spacial score (nSPS) is 10.5. The van der Waals surface area contributed by atoms with Crippen molar-refractivity contribution in [3.8, 4) is 17.2 Å². The lowest BCUT2D eigenvalue weighted by molar-refractivity contribution is 0.630. The van der Waals surface area contributed by atoms with Crippen molar-refractivity contribution in [1.82, 2.24) is 0 Å². The Morgan fingerprint density at radius 2 is 1.56 bits per heavy atom. The summed E-state index contributed by atoms with van der Waals surface area (Å²) in [7, 11) is 0. The first-order valence-electron chi connectivity index (χ1n) is 7.75. The molecular weight excluding hydrogens is 311 g/mol. The fourth-order valence-corrected chi connectivity index (χ4v) is 3.22. The van der Waals surface area contributed by atoms with Crippen molar-refractivity contribution in [3.63, 3.8) is 0 Å². The zero-order valence-electron chi connectivity index (χ0n) is 13.1. The van der Waals surface area contributed by atoms with Crippen LogP contribution in [0.15, 0.2) is 66.7 Å². The van der Waals surface area contributed by atoms with E-state index < -0.39 is 5.82 Å². The van der Waals surface area contributed by atoms with Gasteiger partial charge in [-0.1, -0.05) is 48.5 Å². The number of rotatable bonds is 1. The van der Waals surface area contributed by atoms with Gasteiger partial charge in [0.1, 0.15) is 11.9 Å². The number of nitrogens with zero attached hydrogens (tertiary/aromatic N) is 2. The average molecular weight is 322 g/mol. The van der Waals surface area contributed by atoms with E-state index in [1.807, 2.05) is 54.6 Å². The lowest BCUT2D eigenvalue weighted by atomic mass is 9.92. The molecule has 0 spiro atoms. The first-order valence-corrected chi connectivity index (χ1v) is 7.75. The van der Waals surface area contributed by atoms with Crippen molar-refractivity contribution in [2.24, 2.45) is 0 Å². The van der Waals surface area contributed by atoms with Crippen molar-refractivity contribution in [2.75, 3.05) is 0 Å². The quantitative estimate of drug-likeness (QED) is 0.302. The van der Waals surface area contributed by atoms with Gasteiger partial charge < -0.3 is 0 Å². The number of halogens is 1. The maximum absolute atomic E-state index is 14.1. The summed E-state index contributed by atoms with van der Waals surface area (Å²) in [4.78, 5) is 3.23. The molecule has 4 aromatic rings. The summed E-state index contributed by atoms with van der Waals surface area (Å²) in [5.41, 5.74) is 1.31. The molecule has 2 nitrogen and oxygen atoms in total. The van der Waals surface area contributed by atoms with Crippen LogP contribution in [0.5, 0.6) is 0 Å². The Labute approximate surface area is 144 Å². The minimum Gasteiger partial charge on any atom is -0.235 e. The third kappa shape index (κ3) is 2.31. The summed E-state index contributed by atoms with van der Waals surface area (Å²) in [6, 6.07) is 22.9. The van der Waals surface area contributed by atoms with Crippen LogP contribution >= 0.6 is 0 Å². The summed E-state index contributed by atoms with van der Waals surface area (Å²) >= 11 is 0. The lowest BCUT2D eigenvalue weighted by Crippen LogP contribution is -1.89. The molecule has 3 heteroatoms. The van der Waals surface area contributed by atoms with Crippen LogP contribution in [0.25, 0.3) is 37.5 Å². The van der Waals surface area contributed by atoms with Gasteiger partial charge in [-0.3, -0.25) is 0 Å². The highest BCUT2D eigenvalue weighted by molar-refractivity contribution is 6.13. The Bertz CT molecular complexity index is 1190. The molecule has 0 saturated carbocycles. The highest BCUT2D eigenvalue weighted by Crippen LogP contribution is 2.37. The Morgan fingerprint density at radius 1 is 0.880 bits per heavy atom. The predicted molar refractivity (Wildman–Crippen MR) is 97.8 cm³/mol. The number of nitriles is 1. The fourth-order valence-electron chi connectivity index (χ4n) is 3.22. The molecule has 4 aromatic carbocycles. The van der Waals surface area contributed by atoms with Crippen molar-refractivity contribution in [1.29, 1.82) is 5.26 Å². The SMILES string of the molecule is [C-]#[N+]c1cc(-c2cc3ccccc3c3ccccc23)cc(C#N)c1F. The van der Waals surface area contributed by atoms with Gasteiger partial charge in [-0.25, -0.2) is 9.24 Å². The third-order valence-corrected chi connectivity index (χ3v) is 4.37. The molecule has 0 amide bonds. The molecule has 116 valence electrons. The lowest BCUT2D eigenvalue weighted by Gasteiger charge is -2.12. The average Bonchev–Trinajstić information content (AvgIpc) is 2.67. The van der Waals surface area contributed by atoms with Crippen LogP contribution in [0.2, 0.25) is 0 Å². The maximum atomic E-state index is 14.1. The Kier molecular flexibility index (Phi) is 3.42. The molecule has 0 saturated heterocycles. The number of hydrogen-bond acceptors (Lipinski definition) is 1. The fraction of sp³-hybridized carbons (Fsp3) is 0. The molecule has 0 atom stereocenters. The number of fused-ring (bicyclic) bond motifs is 3. The van der Waals surface area contributed by atoms with Crippen LogP contribution < -0.4 is 0 Å². The molecule has 0 aliphatic heterocycles. The molecule has 0 bridgehead atoms. The van der Waals surface area contributed by atoms with Crippen LogP contribution in [0.3, 0.4) is 0 Å². The highest BCUT2D eigenvalue weighted by Gasteiger charge is 2.14. The maximum Gasteiger partial charge on any atom is 0.224 e. The van der Waals surface area contributed by atoms with Crippen LogP contribution in [0.1, 0.15) is 5.56 Å². The van der Waals surface area contributed by atoms with Crippen molar-refractivity contribution in [3.05, 3.63) is 89.5 Å². The minimum absolute atomic E-state index is 0.110. The summed E-state index contributed by atoms with van der Waals surface area (Å²) < 4.78 is 14.1. The van der Waals surface area contributed by atoms with E-state index in [1.165, 1.54) is 12.1 Å². The van der Waals surface area contributed by atoms with Crippen LogP contribution in [0.4, 0.5) is 10.1 Å². The van der Waals surface area contributed by atoms with Gasteiger partial charge >= 0.3 is 0 Å². The Hall–Kier alpha value is -3.69. The molecule has 0 aromatic heterocycles. The zero-order chi connectivity index (χ0) is 17.4. The molecular formula is C22H11FN2. The molecule has 0 fully saturated rings. The Morgan fingerprint density at radius 3 is 2.28 bits per heavy atom. The molecule has 0 radical (unpaired) electrons. The van der Waals surface area contributed by atoms with E-state index in [9.17, 15) is 9.65 Å². The van der Waals surface area contributed by atoms with Crippen LogP contribution in [-0.4, -0.2) is 0 Å². The van der Waals surface area contributed by atoms with Gasteiger partial charge in [0, 0.05) is 0 Å². The molecule has 0 aliphatic carbocycles. The van der Waals surface area contributed by atoms with Gasteiger partial charge in [-0.2, -0.15) is 5.26 Å². The second kappa shape index (κ2) is 5.74. The van der Waals surface area contributed by atoms with Gasteiger partial charge in [0.25, 0.3) is 0 Å². The van der Waals surface area contributed by atoms with E-state index >= 15 is 0 Å². The van der Waals surface area contributed by atoms with E-state index in [0.717, 1.165) is 27.1 Å². The van der Waals surface area contributed by atoms with Crippen LogP contribution in [-0.2, 0) is 0 Å². The van der Waals surface area contributed by atoms with Gasteiger partial charge in [0.05, 0.1) is 12.1 Å². The minimum atomic E-state index is -0.758. The largest absolute Gasteiger partial charge is 0.235 e. The standard InChI is InChI=1S/C22H11FN2/c1-25-21-12-15(10-16(13-24)22(21)23)20-11-14-6-2-3-7-17(14)18-8-4-5-9-19(18)20/h2-12H. The monoisotopic (exact) mass is 322 g/mol. The molecule has 0 heterocycles. The van der Waals surface area contributed by atoms with E-state index in [4.69, 9.17) is 6.57 Å². The van der Waals surface area contributed by atoms with Crippen molar-refractivity contribution >= 4 is 27.2 Å². The second-order valence-corrected chi connectivity index (χ2v) is 5.77. The van der Waals surface area contributed by atoms with Gasteiger partial charge in [0.15, 0.2) is 0 Å². The second-order valence-electron chi connectivity index (χ2n) is 5.77. The topological polar surface area (TPSA) is 28.1 Å². The summed E-state index contributed by atoms with van der Waals surface area (Å²) in [5, 5.41) is 13.5. The molecule has 4 rings (SSSR count). The molecule has 0 aliphatic rings. The first-order chi connectivity index (χ1) is 12.2. The zero-order valence-corrected chi connectivity index (χ0v) is 13.1. The highest BCUT2D eigenvalue weighted by atomic mass is 19.1. The van der Waals surface area contributed by atoms with E-state index in [1.54, 1.807) is 0 Å². The first kappa shape index (κ1) is 14.9. The predicted octanol–water partition coefficient (Wildman–Crippen LogP) is 6.22. The van der Waals surface area contributed by atoms with Gasteiger partial charge in [-0.15, -0.1) is 0 Å². The van der Waals surface area contributed by atoms with E-state index in [-0.39, 0.29) is 11.3 Å². The molecule has 0 unspecified atom stereocenters. The van der Waals surface area contributed by atoms with Crippen LogP contribution in [0, 0.1) is 23.7 Å². The summed E-state index contributed by atoms with van der Waals surface area (Å²) in [5.74, 6) is -0.758. The summed E-state index contributed by atoms with van der Waals surface area (Å²) in [6.07, 6.45) is 0. The third-order valence-electron chi connectivity index (χ3n) is 4.37.